The molecule has 3 aromatic rings. The highest BCUT2D eigenvalue weighted by Gasteiger charge is 2.20. The lowest BCUT2D eigenvalue weighted by atomic mass is 10.1. The molecule has 164 valence electrons. The van der Waals surface area contributed by atoms with Gasteiger partial charge in [0, 0.05) is 0 Å². The van der Waals surface area contributed by atoms with E-state index in [9.17, 15) is 16.8 Å². The van der Waals surface area contributed by atoms with Gasteiger partial charge in [-0.2, -0.15) is 0 Å². The zero-order chi connectivity index (χ0) is 22.8. The number of anilines is 2. The van der Waals surface area contributed by atoms with Crippen molar-refractivity contribution in [3.8, 4) is 5.75 Å². The number of rotatable bonds is 7. The van der Waals surface area contributed by atoms with Crippen molar-refractivity contribution in [2.75, 3.05) is 16.6 Å². The van der Waals surface area contributed by atoms with Crippen LogP contribution in [0.15, 0.2) is 70.5 Å². The van der Waals surface area contributed by atoms with E-state index in [1.54, 1.807) is 49.4 Å². The van der Waals surface area contributed by atoms with E-state index >= 15 is 0 Å². The van der Waals surface area contributed by atoms with Gasteiger partial charge in [-0.1, -0.05) is 24.3 Å². The van der Waals surface area contributed by atoms with Crippen LogP contribution in [0.2, 0.25) is 0 Å². The Morgan fingerprint density at radius 1 is 0.645 bits per heavy atom. The third-order valence-electron chi connectivity index (χ3n) is 4.90. The van der Waals surface area contributed by atoms with E-state index in [0.29, 0.717) is 11.3 Å². The van der Waals surface area contributed by atoms with Crippen molar-refractivity contribution >= 4 is 31.4 Å². The fraction of sp³-hybridized carbons (Fsp3) is 0.182. The normalized spacial score (nSPS) is 11.7. The van der Waals surface area contributed by atoms with Gasteiger partial charge in [-0.05, 0) is 73.9 Å². The molecule has 0 fully saturated rings. The summed E-state index contributed by atoms with van der Waals surface area (Å²) in [6, 6.07) is 15.7. The third kappa shape index (κ3) is 5.00. The number of hydrogen-bond acceptors (Lipinski definition) is 5. The number of ether oxygens (including phenoxy) is 1. The molecule has 7 nitrogen and oxygen atoms in total. The van der Waals surface area contributed by atoms with Crippen LogP contribution in [-0.2, 0) is 20.0 Å². The fourth-order valence-electron chi connectivity index (χ4n) is 2.90. The summed E-state index contributed by atoms with van der Waals surface area (Å²) in [5.74, 6) is 0.369. The van der Waals surface area contributed by atoms with Crippen molar-refractivity contribution in [3.63, 3.8) is 0 Å². The summed E-state index contributed by atoms with van der Waals surface area (Å²) in [6.07, 6.45) is 0. The lowest BCUT2D eigenvalue weighted by molar-refractivity contribution is 0.417. The Hall–Kier alpha value is -3.04. The average molecular weight is 461 g/mol. The van der Waals surface area contributed by atoms with Gasteiger partial charge >= 0.3 is 0 Å². The maximum Gasteiger partial charge on any atom is 0.262 e. The summed E-state index contributed by atoms with van der Waals surface area (Å²) in [5, 5.41) is 0. The lowest BCUT2D eigenvalue weighted by Gasteiger charge is -2.15. The number of sulfonamides is 2. The minimum absolute atomic E-state index is 0.0817. The van der Waals surface area contributed by atoms with Crippen LogP contribution in [0.3, 0.4) is 0 Å². The second-order valence-electron chi connectivity index (χ2n) is 7.13. The van der Waals surface area contributed by atoms with Gasteiger partial charge in [-0.25, -0.2) is 16.8 Å². The van der Waals surface area contributed by atoms with Gasteiger partial charge in [-0.3, -0.25) is 9.44 Å². The SMILES string of the molecule is COc1ccccc1NS(=O)(=O)c1ccc(C)c(NS(=O)(=O)c2ccc(C)c(C)c2)c1. The standard InChI is InChI=1S/C22H24N2O5S2/c1-15-9-11-18(13-17(15)3)30(25,26)24-21-14-19(12-10-16(21)2)31(27,28)23-20-7-5-6-8-22(20)29-4/h5-14,23-24H,1-4H3. The van der Waals surface area contributed by atoms with E-state index in [2.05, 4.69) is 9.44 Å². The Labute approximate surface area is 183 Å². The number of aryl methyl sites for hydroxylation is 3. The fourth-order valence-corrected chi connectivity index (χ4v) is 5.20. The molecular weight excluding hydrogens is 436 g/mol. The van der Waals surface area contributed by atoms with Gasteiger partial charge in [-0.15, -0.1) is 0 Å². The second kappa shape index (κ2) is 8.60. The van der Waals surface area contributed by atoms with E-state index in [1.165, 1.54) is 25.3 Å². The number of para-hydroxylation sites is 2. The molecular formula is C22H24N2O5S2. The highest BCUT2D eigenvalue weighted by atomic mass is 32.2. The van der Waals surface area contributed by atoms with Gasteiger partial charge < -0.3 is 4.74 Å². The van der Waals surface area contributed by atoms with Crippen LogP contribution < -0.4 is 14.2 Å². The maximum absolute atomic E-state index is 12.9. The predicted octanol–water partition coefficient (Wildman–Crippen LogP) is 4.22. The van der Waals surface area contributed by atoms with Crippen molar-refractivity contribution in [2.45, 2.75) is 30.6 Å². The van der Waals surface area contributed by atoms with E-state index in [1.807, 2.05) is 13.8 Å². The maximum atomic E-state index is 12.9. The average Bonchev–Trinajstić information content (AvgIpc) is 2.71. The molecule has 0 aromatic heterocycles. The van der Waals surface area contributed by atoms with Crippen LogP contribution in [0.25, 0.3) is 0 Å². The summed E-state index contributed by atoms with van der Waals surface area (Å²) in [5.41, 5.74) is 2.87. The van der Waals surface area contributed by atoms with Gasteiger partial charge in [0.1, 0.15) is 5.75 Å². The Bertz CT molecular complexity index is 1330. The molecule has 31 heavy (non-hydrogen) atoms. The van der Waals surface area contributed by atoms with E-state index in [4.69, 9.17) is 4.74 Å². The molecule has 0 aliphatic heterocycles. The summed E-state index contributed by atoms with van der Waals surface area (Å²) < 4.78 is 61.7. The van der Waals surface area contributed by atoms with Crippen LogP contribution in [0.1, 0.15) is 16.7 Å². The third-order valence-corrected chi connectivity index (χ3v) is 7.63. The molecule has 0 atom stereocenters. The lowest BCUT2D eigenvalue weighted by Crippen LogP contribution is -2.16. The van der Waals surface area contributed by atoms with Crippen molar-refractivity contribution in [1.82, 2.24) is 0 Å². The van der Waals surface area contributed by atoms with Crippen molar-refractivity contribution in [1.29, 1.82) is 0 Å². The second-order valence-corrected chi connectivity index (χ2v) is 10.5. The number of methoxy groups -OCH3 is 1. The molecule has 9 heteroatoms. The number of nitrogens with one attached hydrogen (secondary N) is 2. The summed E-state index contributed by atoms with van der Waals surface area (Å²) in [7, 11) is -6.43. The van der Waals surface area contributed by atoms with Gasteiger partial charge in [0.25, 0.3) is 20.0 Å². The van der Waals surface area contributed by atoms with Gasteiger partial charge in [0.05, 0.1) is 28.3 Å². The first-order valence-corrected chi connectivity index (χ1v) is 12.4. The van der Waals surface area contributed by atoms with Crippen molar-refractivity contribution in [3.05, 3.63) is 77.4 Å². The molecule has 0 saturated heterocycles. The summed E-state index contributed by atoms with van der Waals surface area (Å²) >= 11 is 0. The van der Waals surface area contributed by atoms with Crippen LogP contribution in [0.5, 0.6) is 5.75 Å². The van der Waals surface area contributed by atoms with E-state index in [0.717, 1.165) is 11.1 Å². The zero-order valence-corrected chi connectivity index (χ0v) is 19.3. The zero-order valence-electron chi connectivity index (χ0n) is 17.6. The van der Waals surface area contributed by atoms with Crippen molar-refractivity contribution < 1.29 is 21.6 Å². The first-order valence-electron chi connectivity index (χ1n) is 9.40. The Kier molecular flexibility index (Phi) is 6.28. The predicted molar refractivity (Wildman–Crippen MR) is 122 cm³/mol. The molecule has 0 unspecified atom stereocenters. The van der Waals surface area contributed by atoms with E-state index < -0.39 is 20.0 Å². The topological polar surface area (TPSA) is 102 Å². The molecule has 0 saturated carbocycles. The molecule has 0 aliphatic carbocycles. The Morgan fingerprint density at radius 3 is 1.81 bits per heavy atom. The van der Waals surface area contributed by atoms with E-state index in [-0.39, 0.29) is 21.2 Å². The molecule has 0 heterocycles. The minimum Gasteiger partial charge on any atom is -0.495 e. The molecule has 0 radical (unpaired) electrons. The monoisotopic (exact) mass is 460 g/mol. The molecule has 0 amide bonds. The van der Waals surface area contributed by atoms with Crippen molar-refractivity contribution in [2.24, 2.45) is 0 Å². The smallest absolute Gasteiger partial charge is 0.262 e. The highest BCUT2D eigenvalue weighted by molar-refractivity contribution is 7.93. The van der Waals surface area contributed by atoms with Gasteiger partial charge in [0.15, 0.2) is 0 Å². The van der Waals surface area contributed by atoms with Crippen LogP contribution in [0.4, 0.5) is 11.4 Å². The van der Waals surface area contributed by atoms with Crippen LogP contribution in [0, 0.1) is 20.8 Å². The van der Waals surface area contributed by atoms with Crippen LogP contribution in [-0.4, -0.2) is 23.9 Å². The summed E-state index contributed by atoms with van der Waals surface area (Å²) in [4.78, 5) is 0.0252. The molecule has 0 bridgehead atoms. The quantitative estimate of drug-likeness (QED) is 0.550. The highest BCUT2D eigenvalue weighted by Crippen LogP contribution is 2.28. The minimum atomic E-state index is -3.98. The molecule has 0 spiro atoms. The largest absolute Gasteiger partial charge is 0.495 e. The van der Waals surface area contributed by atoms with Crippen LogP contribution >= 0.6 is 0 Å². The van der Waals surface area contributed by atoms with Gasteiger partial charge in [0.2, 0.25) is 0 Å². The Balaban J connectivity index is 1.95. The number of hydrogen-bond donors (Lipinski definition) is 2. The Morgan fingerprint density at radius 2 is 1.19 bits per heavy atom. The summed E-state index contributed by atoms with van der Waals surface area (Å²) in [6.45, 7) is 5.42. The molecule has 2 N–H and O–H groups in total. The number of benzene rings is 3. The first-order chi connectivity index (χ1) is 14.5. The molecule has 0 aliphatic rings. The molecule has 3 aromatic carbocycles. The molecule has 3 rings (SSSR count). The first kappa shape index (κ1) is 22.6.